The first kappa shape index (κ1) is 8.45. The van der Waals surface area contributed by atoms with E-state index in [1.807, 2.05) is 0 Å². The fraction of sp³-hybridized carbons (Fsp3) is 0.286. The summed E-state index contributed by atoms with van der Waals surface area (Å²) in [5.74, 6) is -0.296. The zero-order chi connectivity index (χ0) is 8.81. The third kappa shape index (κ3) is 2.96. The van der Waals surface area contributed by atoms with Crippen molar-refractivity contribution in [1.29, 1.82) is 0 Å². The average molecular weight is 168 g/mol. The lowest BCUT2D eigenvalue weighted by Gasteiger charge is -1.79. The van der Waals surface area contributed by atoms with Crippen LogP contribution in [0.1, 0.15) is 12.8 Å². The molecule has 5 nitrogen and oxygen atoms in total. The maximum Gasteiger partial charge on any atom is 0.227 e. The highest BCUT2D eigenvalue weighted by Gasteiger charge is 2.15. The minimum atomic E-state index is -0.148. The number of carbonyl (C=O) groups is 2. The first-order valence-corrected chi connectivity index (χ1v) is 3.46. The summed E-state index contributed by atoms with van der Waals surface area (Å²) < 4.78 is 4.33. The summed E-state index contributed by atoms with van der Waals surface area (Å²) in [4.78, 5) is 20.2. The summed E-state index contributed by atoms with van der Waals surface area (Å²) in [5, 5.41) is 5.49. The van der Waals surface area contributed by atoms with Gasteiger partial charge in [-0.1, -0.05) is 5.16 Å². The summed E-state index contributed by atoms with van der Waals surface area (Å²) in [5.41, 5.74) is 0. The first-order chi connectivity index (χ1) is 5.79. The molecule has 64 valence electrons. The van der Waals surface area contributed by atoms with Crippen molar-refractivity contribution in [3.63, 3.8) is 0 Å². The van der Waals surface area contributed by atoms with Gasteiger partial charge in [0.2, 0.25) is 11.8 Å². The Balaban J connectivity index is 0.000000127. The standard InChI is InChI=1S/C4H5NO2.C3H3NO/c6-3-1-2-4(7)5-3;1-2-4-5-3-1/h1-2H2,(H,5,6,7);1-3H. The van der Waals surface area contributed by atoms with E-state index in [4.69, 9.17) is 0 Å². The Hall–Kier alpha value is -1.65. The molecule has 12 heavy (non-hydrogen) atoms. The Bertz CT molecular complexity index is 224. The van der Waals surface area contributed by atoms with E-state index in [0.29, 0.717) is 12.8 Å². The van der Waals surface area contributed by atoms with Gasteiger partial charge in [0.05, 0.1) is 6.20 Å². The van der Waals surface area contributed by atoms with E-state index in [9.17, 15) is 9.59 Å². The largest absolute Gasteiger partial charge is 0.365 e. The Morgan fingerprint density at radius 2 is 2.00 bits per heavy atom. The van der Waals surface area contributed by atoms with Crippen molar-refractivity contribution in [1.82, 2.24) is 10.5 Å². The third-order valence-corrected chi connectivity index (χ3v) is 1.21. The normalized spacial score (nSPS) is 15.0. The van der Waals surface area contributed by atoms with Gasteiger partial charge >= 0.3 is 0 Å². The number of imide groups is 1. The van der Waals surface area contributed by atoms with Crippen LogP contribution in [0.15, 0.2) is 23.0 Å². The lowest BCUT2D eigenvalue weighted by molar-refractivity contribution is -0.124. The van der Waals surface area contributed by atoms with Gasteiger partial charge in [-0.2, -0.15) is 0 Å². The van der Waals surface area contributed by atoms with E-state index >= 15 is 0 Å². The number of amides is 2. The molecule has 0 spiro atoms. The monoisotopic (exact) mass is 168 g/mol. The molecule has 1 aromatic rings. The third-order valence-electron chi connectivity index (χ3n) is 1.21. The molecule has 2 heterocycles. The predicted octanol–water partition coefficient (Wildman–Crippen LogP) is 0.0976. The minimum Gasteiger partial charge on any atom is -0.365 e. The molecule has 5 heteroatoms. The molecule has 0 radical (unpaired) electrons. The second-order valence-corrected chi connectivity index (χ2v) is 2.16. The van der Waals surface area contributed by atoms with Crippen LogP contribution >= 0.6 is 0 Å². The molecule has 1 aliphatic rings. The van der Waals surface area contributed by atoms with Gasteiger partial charge in [-0.25, -0.2) is 0 Å². The second kappa shape index (κ2) is 4.27. The molecule has 1 aromatic heterocycles. The molecule has 0 aliphatic carbocycles. The van der Waals surface area contributed by atoms with Gasteiger partial charge in [0.15, 0.2) is 0 Å². The van der Waals surface area contributed by atoms with E-state index < -0.39 is 0 Å². The molecule has 0 unspecified atom stereocenters. The van der Waals surface area contributed by atoms with Crippen molar-refractivity contribution in [3.05, 3.63) is 18.5 Å². The van der Waals surface area contributed by atoms with Gasteiger partial charge < -0.3 is 4.52 Å². The molecule has 0 bridgehead atoms. The van der Waals surface area contributed by atoms with Crippen molar-refractivity contribution in [2.75, 3.05) is 0 Å². The maximum atomic E-state index is 10.1. The van der Waals surface area contributed by atoms with Crippen LogP contribution in [-0.4, -0.2) is 17.0 Å². The van der Waals surface area contributed by atoms with Crippen LogP contribution in [0.2, 0.25) is 0 Å². The summed E-state index contributed by atoms with van der Waals surface area (Å²) >= 11 is 0. The number of hydrogen-bond donors (Lipinski definition) is 1. The van der Waals surface area contributed by atoms with Crippen molar-refractivity contribution in [3.8, 4) is 0 Å². The lowest BCUT2D eigenvalue weighted by Crippen LogP contribution is -2.18. The Morgan fingerprint density at radius 1 is 1.33 bits per heavy atom. The van der Waals surface area contributed by atoms with Crippen LogP contribution in [0.25, 0.3) is 0 Å². The number of aromatic nitrogens is 1. The number of hydrogen-bond acceptors (Lipinski definition) is 4. The molecular weight excluding hydrogens is 160 g/mol. The van der Waals surface area contributed by atoms with Gasteiger partial charge in [-0.3, -0.25) is 14.9 Å². The highest BCUT2D eigenvalue weighted by Crippen LogP contribution is 1.95. The van der Waals surface area contributed by atoms with Gasteiger partial charge in [-0.15, -0.1) is 0 Å². The molecule has 1 N–H and O–H groups in total. The highest BCUT2D eigenvalue weighted by atomic mass is 16.5. The van der Waals surface area contributed by atoms with E-state index in [2.05, 4.69) is 15.0 Å². The summed E-state index contributed by atoms with van der Waals surface area (Å²) in [6.07, 6.45) is 3.84. The van der Waals surface area contributed by atoms with Gasteiger partial charge in [0.25, 0.3) is 0 Å². The molecule has 1 aliphatic heterocycles. The summed E-state index contributed by atoms with van der Waals surface area (Å²) in [7, 11) is 0. The molecule has 1 fully saturated rings. The molecule has 2 rings (SSSR count). The van der Waals surface area contributed by atoms with Crippen molar-refractivity contribution in [2.45, 2.75) is 12.8 Å². The molecular formula is C7H8N2O3. The van der Waals surface area contributed by atoms with E-state index in [-0.39, 0.29) is 11.8 Å². The van der Waals surface area contributed by atoms with Gasteiger partial charge in [0.1, 0.15) is 6.26 Å². The van der Waals surface area contributed by atoms with E-state index in [1.54, 1.807) is 12.3 Å². The summed E-state index contributed by atoms with van der Waals surface area (Å²) in [6.45, 7) is 0. The van der Waals surface area contributed by atoms with E-state index in [0.717, 1.165) is 0 Å². The van der Waals surface area contributed by atoms with Crippen LogP contribution in [0.3, 0.4) is 0 Å². The molecule has 0 aromatic carbocycles. The van der Waals surface area contributed by atoms with Crippen LogP contribution in [-0.2, 0) is 9.59 Å². The van der Waals surface area contributed by atoms with Crippen LogP contribution in [0, 0.1) is 0 Å². The van der Waals surface area contributed by atoms with Crippen molar-refractivity contribution in [2.24, 2.45) is 0 Å². The Labute approximate surface area is 68.7 Å². The minimum absolute atomic E-state index is 0.148. The zero-order valence-electron chi connectivity index (χ0n) is 6.32. The van der Waals surface area contributed by atoms with E-state index in [1.165, 1.54) is 6.26 Å². The molecule has 0 atom stereocenters. The lowest BCUT2D eigenvalue weighted by atomic mass is 10.4. The molecule has 0 saturated carbocycles. The Morgan fingerprint density at radius 3 is 2.17 bits per heavy atom. The summed E-state index contributed by atoms with van der Waals surface area (Å²) in [6, 6.07) is 1.72. The van der Waals surface area contributed by atoms with Crippen LogP contribution < -0.4 is 5.32 Å². The fourth-order valence-corrected chi connectivity index (χ4v) is 0.683. The second-order valence-electron chi connectivity index (χ2n) is 2.16. The van der Waals surface area contributed by atoms with Crippen LogP contribution in [0.5, 0.6) is 0 Å². The smallest absolute Gasteiger partial charge is 0.227 e. The van der Waals surface area contributed by atoms with Gasteiger partial charge in [0, 0.05) is 12.8 Å². The highest BCUT2D eigenvalue weighted by molar-refractivity contribution is 6.01. The predicted molar refractivity (Wildman–Crippen MR) is 38.9 cm³/mol. The zero-order valence-corrected chi connectivity index (χ0v) is 6.32. The van der Waals surface area contributed by atoms with Gasteiger partial charge in [-0.05, 0) is 6.07 Å². The van der Waals surface area contributed by atoms with Crippen molar-refractivity contribution < 1.29 is 14.1 Å². The van der Waals surface area contributed by atoms with Crippen LogP contribution in [0.4, 0.5) is 0 Å². The number of nitrogens with zero attached hydrogens (tertiary/aromatic N) is 1. The molecule has 1 saturated heterocycles. The molecule has 2 amide bonds. The first-order valence-electron chi connectivity index (χ1n) is 3.46. The maximum absolute atomic E-state index is 10.1. The number of carbonyl (C=O) groups excluding carboxylic acids is 2. The topological polar surface area (TPSA) is 72.2 Å². The Kier molecular flexibility index (Phi) is 3.01. The quantitative estimate of drug-likeness (QED) is 0.557. The number of rotatable bonds is 0. The number of nitrogens with one attached hydrogen (secondary N) is 1. The average Bonchev–Trinajstić information content (AvgIpc) is 2.63. The SMILES string of the molecule is O=C1CCC(=O)N1.c1cnoc1. The fourth-order valence-electron chi connectivity index (χ4n) is 0.683. The van der Waals surface area contributed by atoms with Crippen molar-refractivity contribution >= 4 is 11.8 Å².